The SMILES string of the molecule is CC(CCC(N1CCC(O)(c2ccc(Cl)cc2)CC1)[N+]1(C(=O)c2cccnc2)CCC(C(N)=O)CC1)(c1ccccc1)c1ccccc1.Cl.Cl. The highest BCUT2D eigenvalue weighted by Gasteiger charge is 2.52. The van der Waals surface area contributed by atoms with Gasteiger partial charge in [-0.05, 0) is 60.2 Å². The summed E-state index contributed by atoms with van der Waals surface area (Å²) < 4.78 is 0.203. The molecule has 3 N–H and O–H groups in total. The van der Waals surface area contributed by atoms with Crippen LogP contribution in [-0.2, 0) is 15.8 Å². The molecule has 3 heterocycles. The first-order valence-corrected chi connectivity index (χ1v) is 17.5. The number of benzene rings is 3. The van der Waals surface area contributed by atoms with Gasteiger partial charge in [0.25, 0.3) is 0 Å². The molecule has 1 unspecified atom stereocenters. The Morgan fingerprint density at radius 3 is 1.98 bits per heavy atom. The lowest BCUT2D eigenvalue weighted by Gasteiger charge is -2.52. The summed E-state index contributed by atoms with van der Waals surface area (Å²) in [6, 6.07) is 32.3. The van der Waals surface area contributed by atoms with Gasteiger partial charge in [-0.15, -0.1) is 24.8 Å². The molecule has 2 fully saturated rings. The molecule has 1 atom stereocenters. The Bertz CT molecular complexity index is 1640. The molecule has 2 saturated heterocycles. The Hall–Kier alpha value is -3.30. The van der Waals surface area contributed by atoms with Crippen LogP contribution in [0.25, 0.3) is 0 Å². The number of nitrogens with two attached hydrogens (primary N) is 1. The van der Waals surface area contributed by atoms with Gasteiger partial charge in [0, 0.05) is 61.1 Å². The van der Waals surface area contributed by atoms with Gasteiger partial charge in [-0.25, -0.2) is 9.28 Å². The lowest BCUT2D eigenvalue weighted by molar-refractivity contribution is -0.893. The van der Waals surface area contributed by atoms with Crippen molar-refractivity contribution in [3.8, 4) is 0 Å². The molecule has 1 aromatic heterocycles. The summed E-state index contributed by atoms with van der Waals surface area (Å²) in [6.07, 6.45) is 6.85. The number of likely N-dealkylation sites (tertiary alicyclic amines) is 2. The highest BCUT2D eigenvalue weighted by Crippen LogP contribution is 2.42. The topological polar surface area (TPSA) is 96.5 Å². The van der Waals surface area contributed by atoms with Crippen LogP contribution in [0.3, 0.4) is 0 Å². The molecular formula is C40H48Cl3N4O3+. The number of hydrogen-bond acceptors (Lipinski definition) is 5. The molecule has 2 aliphatic heterocycles. The summed E-state index contributed by atoms with van der Waals surface area (Å²) in [7, 11) is 0. The van der Waals surface area contributed by atoms with Crippen molar-refractivity contribution in [3.63, 3.8) is 0 Å². The maximum absolute atomic E-state index is 14.9. The number of quaternary nitrogens is 1. The van der Waals surface area contributed by atoms with Crippen LogP contribution in [0.5, 0.6) is 0 Å². The third-order valence-electron chi connectivity index (χ3n) is 11.2. The predicted octanol–water partition coefficient (Wildman–Crippen LogP) is 7.53. The molecule has 0 bridgehead atoms. The lowest BCUT2D eigenvalue weighted by Crippen LogP contribution is -2.69. The Kier molecular flexibility index (Phi) is 13.3. The van der Waals surface area contributed by atoms with E-state index in [4.69, 9.17) is 17.3 Å². The number of carbonyl (C=O) groups is 2. The second-order valence-corrected chi connectivity index (χ2v) is 14.3. The molecule has 3 aromatic carbocycles. The van der Waals surface area contributed by atoms with Gasteiger partial charge in [-0.2, -0.15) is 0 Å². The average Bonchev–Trinajstić information content (AvgIpc) is 3.13. The largest absolute Gasteiger partial charge is 0.385 e. The number of nitrogens with zero attached hydrogens (tertiary/aromatic N) is 3. The number of aliphatic hydroxyl groups is 1. The normalized spacial score (nSPS) is 21.2. The maximum Gasteiger partial charge on any atom is 0.348 e. The number of primary amides is 1. The molecule has 6 rings (SSSR count). The van der Waals surface area contributed by atoms with Gasteiger partial charge in [0.15, 0.2) is 6.17 Å². The van der Waals surface area contributed by atoms with E-state index in [2.05, 4.69) is 65.3 Å². The smallest absolute Gasteiger partial charge is 0.348 e. The molecule has 0 spiro atoms. The first-order chi connectivity index (χ1) is 23.1. The molecule has 0 saturated carbocycles. The Morgan fingerprint density at radius 1 is 0.920 bits per heavy atom. The number of rotatable bonds is 10. The second kappa shape index (κ2) is 16.8. The van der Waals surface area contributed by atoms with Crippen LogP contribution in [0.1, 0.15) is 72.5 Å². The molecule has 4 aromatic rings. The predicted molar refractivity (Wildman–Crippen MR) is 203 cm³/mol. The summed E-state index contributed by atoms with van der Waals surface area (Å²) in [5.74, 6) is -0.533. The van der Waals surface area contributed by atoms with Crippen molar-refractivity contribution in [2.24, 2.45) is 11.7 Å². The van der Waals surface area contributed by atoms with Crippen molar-refractivity contribution in [3.05, 3.63) is 137 Å². The van der Waals surface area contributed by atoms with Gasteiger partial charge in [-0.1, -0.05) is 91.3 Å². The highest BCUT2D eigenvalue weighted by atomic mass is 35.5. The number of hydrogen-bond donors (Lipinski definition) is 2. The number of aromatic nitrogens is 1. The van der Waals surface area contributed by atoms with Crippen molar-refractivity contribution in [1.82, 2.24) is 9.88 Å². The van der Waals surface area contributed by atoms with Crippen LogP contribution >= 0.6 is 36.4 Å². The van der Waals surface area contributed by atoms with Crippen LogP contribution in [0.4, 0.5) is 0 Å². The van der Waals surface area contributed by atoms with Gasteiger partial charge < -0.3 is 10.8 Å². The molecule has 266 valence electrons. The van der Waals surface area contributed by atoms with Crippen LogP contribution in [0.2, 0.25) is 5.02 Å². The fraction of sp³-hybridized carbons (Fsp3) is 0.375. The minimum absolute atomic E-state index is 0. The van der Waals surface area contributed by atoms with E-state index in [-0.39, 0.29) is 58.6 Å². The van der Waals surface area contributed by atoms with E-state index in [9.17, 15) is 14.7 Å². The third kappa shape index (κ3) is 8.09. The third-order valence-corrected chi connectivity index (χ3v) is 11.4. The molecule has 2 aliphatic rings. The number of piperidine rings is 2. The zero-order chi connectivity index (χ0) is 33.8. The van der Waals surface area contributed by atoms with Crippen molar-refractivity contribution >= 4 is 48.2 Å². The van der Waals surface area contributed by atoms with E-state index in [1.165, 1.54) is 11.1 Å². The fourth-order valence-electron chi connectivity index (χ4n) is 8.16. The van der Waals surface area contributed by atoms with E-state index < -0.39 is 5.60 Å². The van der Waals surface area contributed by atoms with Crippen LogP contribution < -0.4 is 5.73 Å². The monoisotopic (exact) mass is 737 g/mol. The molecular weight excluding hydrogens is 691 g/mol. The molecule has 50 heavy (non-hydrogen) atoms. The number of halogens is 3. The zero-order valence-corrected chi connectivity index (χ0v) is 30.9. The van der Waals surface area contributed by atoms with Gasteiger partial charge in [0.2, 0.25) is 5.91 Å². The van der Waals surface area contributed by atoms with Crippen molar-refractivity contribution in [2.75, 3.05) is 26.2 Å². The molecule has 7 nitrogen and oxygen atoms in total. The summed E-state index contributed by atoms with van der Waals surface area (Å²) in [4.78, 5) is 33.9. The van der Waals surface area contributed by atoms with Gasteiger partial charge in [0.1, 0.15) is 0 Å². The minimum Gasteiger partial charge on any atom is -0.385 e. The highest BCUT2D eigenvalue weighted by molar-refractivity contribution is 6.30. The van der Waals surface area contributed by atoms with Gasteiger partial charge in [-0.3, -0.25) is 14.7 Å². The van der Waals surface area contributed by atoms with E-state index in [0.29, 0.717) is 62.4 Å². The van der Waals surface area contributed by atoms with Gasteiger partial charge >= 0.3 is 5.91 Å². The van der Waals surface area contributed by atoms with Crippen molar-refractivity contribution < 1.29 is 19.2 Å². The summed E-state index contributed by atoms with van der Waals surface area (Å²) in [6.45, 7) is 4.57. The van der Waals surface area contributed by atoms with Crippen LogP contribution in [-0.4, -0.2) is 63.6 Å². The fourth-order valence-corrected chi connectivity index (χ4v) is 8.29. The number of carbonyl (C=O) groups excluding carboxylic acids is 2. The number of amides is 2. The first-order valence-electron chi connectivity index (χ1n) is 17.1. The quantitative estimate of drug-likeness (QED) is 0.164. The molecule has 10 heteroatoms. The van der Waals surface area contributed by atoms with Crippen molar-refractivity contribution in [2.45, 2.75) is 62.6 Å². The Balaban J connectivity index is 0.00000281. The Labute approximate surface area is 313 Å². The second-order valence-electron chi connectivity index (χ2n) is 13.9. The number of pyridine rings is 1. The van der Waals surface area contributed by atoms with Crippen LogP contribution in [0, 0.1) is 5.92 Å². The summed E-state index contributed by atoms with van der Waals surface area (Å²) in [5, 5.41) is 12.5. The minimum atomic E-state index is -0.981. The van der Waals surface area contributed by atoms with Crippen LogP contribution in [0.15, 0.2) is 109 Å². The average molecular weight is 739 g/mol. The first kappa shape index (κ1) is 39.5. The van der Waals surface area contributed by atoms with E-state index in [1.54, 1.807) is 12.4 Å². The lowest BCUT2D eigenvalue weighted by atomic mass is 9.72. The Morgan fingerprint density at radius 2 is 1.48 bits per heavy atom. The zero-order valence-electron chi connectivity index (χ0n) is 28.5. The van der Waals surface area contributed by atoms with Crippen molar-refractivity contribution in [1.29, 1.82) is 0 Å². The molecule has 0 aliphatic carbocycles. The summed E-state index contributed by atoms with van der Waals surface area (Å²) in [5.41, 5.74) is 8.41. The maximum atomic E-state index is 14.9. The summed E-state index contributed by atoms with van der Waals surface area (Å²) >= 11 is 6.17. The van der Waals surface area contributed by atoms with E-state index >= 15 is 0 Å². The standard InChI is InChI=1S/C40H45ClN4O3.2ClH/c1-39(32-10-4-2-5-11-32,33-12-6-3-7-13-33)21-18-36(44-25-22-40(48,23-26-44)34-14-16-35(41)17-15-34)45(27-19-30(20-28-45)37(42)46)38(47)31-9-8-24-43-29-31;;/h2-17,24,29-30,36,48H,18-23,25-28H2,1H3,(H-,42,46);2*1H/p+1. The molecule has 0 radical (unpaired) electrons. The van der Waals surface area contributed by atoms with Gasteiger partial charge in [0.05, 0.1) is 24.3 Å². The van der Waals surface area contributed by atoms with E-state index in [1.807, 2.05) is 48.5 Å². The van der Waals surface area contributed by atoms with E-state index in [0.717, 1.165) is 18.4 Å². The molecule has 2 amide bonds.